The van der Waals surface area contributed by atoms with E-state index in [0.717, 1.165) is 40.2 Å². The quantitative estimate of drug-likeness (QED) is 0.750. The highest BCUT2D eigenvalue weighted by molar-refractivity contribution is 8.18. The standard InChI is InChI=1S/C15H14N2O2S3/c1-2-4-13-16-10(9-21-13)8-17-14(18)12(22-15(17)19)7-11-5-3-6-20-11/h3,5-7,9H,2,4,8H2,1H3/b12-7-. The molecule has 22 heavy (non-hydrogen) atoms. The van der Waals surface area contributed by atoms with E-state index in [0.29, 0.717) is 4.91 Å². The lowest BCUT2D eigenvalue weighted by Gasteiger charge is -2.09. The molecule has 3 rings (SSSR count). The highest BCUT2D eigenvalue weighted by atomic mass is 32.2. The molecule has 3 heterocycles. The van der Waals surface area contributed by atoms with Crippen molar-refractivity contribution < 1.29 is 9.59 Å². The van der Waals surface area contributed by atoms with Gasteiger partial charge >= 0.3 is 0 Å². The van der Waals surface area contributed by atoms with Crippen LogP contribution in [-0.4, -0.2) is 21.0 Å². The maximum absolute atomic E-state index is 12.4. The van der Waals surface area contributed by atoms with E-state index >= 15 is 0 Å². The molecule has 0 bridgehead atoms. The van der Waals surface area contributed by atoms with Gasteiger partial charge in [0.1, 0.15) is 0 Å². The fourth-order valence-corrected chi connectivity index (χ4v) is 4.50. The summed E-state index contributed by atoms with van der Waals surface area (Å²) in [5, 5.41) is 4.70. The first-order chi connectivity index (χ1) is 10.7. The largest absolute Gasteiger partial charge is 0.293 e. The SMILES string of the molecule is CCCc1nc(CN2C(=O)S/C(=C\c3cccs3)C2=O)cs1. The first-order valence-corrected chi connectivity index (χ1v) is 9.47. The monoisotopic (exact) mass is 350 g/mol. The molecule has 0 unspecified atom stereocenters. The number of hydrogen-bond donors (Lipinski definition) is 0. The van der Waals surface area contributed by atoms with Gasteiger partial charge in [-0.25, -0.2) is 4.98 Å². The van der Waals surface area contributed by atoms with Crippen LogP contribution in [0.5, 0.6) is 0 Å². The molecule has 7 heteroatoms. The van der Waals surface area contributed by atoms with Crippen LogP contribution >= 0.6 is 34.4 Å². The molecule has 0 radical (unpaired) electrons. The van der Waals surface area contributed by atoms with E-state index in [2.05, 4.69) is 11.9 Å². The summed E-state index contributed by atoms with van der Waals surface area (Å²) in [6.07, 6.45) is 3.75. The second-order valence-corrected chi connectivity index (χ2v) is 7.68. The molecule has 0 spiro atoms. The maximum Gasteiger partial charge on any atom is 0.293 e. The molecular formula is C15H14N2O2S3. The lowest BCUT2D eigenvalue weighted by Crippen LogP contribution is -2.27. The molecule has 1 fully saturated rings. The third-order valence-electron chi connectivity index (χ3n) is 3.07. The Kier molecular flexibility index (Phi) is 4.75. The molecule has 2 aromatic heterocycles. The van der Waals surface area contributed by atoms with Crippen molar-refractivity contribution in [2.24, 2.45) is 0 Å². The number of carbonyl (C=O) groups is 2. The van der Waals surface area contributed by atoms with Gasteiger partial charge in [-0.2, -0.15) is 0 Å². The number of carbonyl (C=O) groups excluding carboxylic acids is 2. The Morgan fingerprint density at radius 1 is 1.32 bits per heavy atom. The third-order valence-corrected chi connectivity index (χ3v) is 5.76. The van der Waals surface area contributed by atoms with Gasteiger partial charge in [0, 0.05) is 10.3 Å². The second-order valence-electron chi connectivity index (χ2n) is 4.77. The number of thiazole rings is 1. The number of amides is 2. The minimum Gasteiger partial charge on any atom is -0.268 e. The lowest BCUT2D eigenvalue weighted by atomic mass is 10.3. The van der Waals surface area contributed by atoms with Crippen LogP contribution in [0.3, 0.4) is 0 Å². The summed E-state index contributed by atoms with van der Waals surface area (Å²) in [4.78, 5) is 31.7. The van der Waals surface area contributed by atoms with Gasteiger partial charge in [-0.3, -0.25) is 14.5 Å². The van der Waals surface area contributed by atoms with Gasteiger partial charge in [0.15, 0.2) is 0 Å². The predicted molar refractivity (Wildman–Crippen MR) is 91.9 cm³/mol. The van der Waals surface area contributed by atoms with Crippen molar-refractivity contribution in [2.45, 2.75) is 26.3 Å². The molecular weight excluding hydrogens is 336 g/mol. The number of aryl methyl sites for hydroxylation is 1. The Bertz CT molecular complexity index is 719. The Labute approximate surface area is 140 Å². The molecule has 0 N–H and O–H groups in total. The minimum atomic E-state index is -0.228. The van der Waals surface area contributed by atoms with Crippen LogP contribution in [0, 0.1) is 0 Å². The molecule has 0 saturated carbocycles. The summed E-state index contributed by atoms with van der Waals surface area (Å²) in [7, 11) is 0. The summed E-state index contributed by atoms with van der Waals surface area (Å²) < 4.78 is 0. The minimum absolute atomic E-state index is 0.224. The number of nitrogens with zero attached hydrogens (tertiary/aromatic N) is 2. The normalized spacial score (nSPS) is 17.0. The van der Waals surface area contributed by atoms with Crippen molar-refractivity contribution >= 4 is 51.7 Å². The van der Waals surface area contributed by atoms with Crippen LogP contribution in [0.4, 0.5) is 4.79 Å². The van der Waals surface area contributed by atoms with Crippen molar-refractivity contribution in [2.75, 3.05) is 0 Å². The van der Waals surface area contributed by atoms with E-state index in [1.54, 1.807) is 28.7 Å². The van der Waals surface area contributed by atoms with Crippen LogP contribution < -0.4 is 0 Å². The van der Waals surface area contributed by atoms with Crippen LogP contribution in [0.1, 0.15) is 28.9 Å². The number of thioether (sulfide) groups is 1. The second kappa shape index (κ2) is 6.76. The average Bonchev–Trinajstić information content (AvgIpc) is 3.20. The van der Waals surface area contributed by atoms with Gasteiger partial charge in [-0.1, -0.05) is 13.0 Å². The van der Waals surface area contributed by atoms with E-state index in [-0.39, 0.29) is 17.7 Å². The van der Waals surface area contributed by atoms with E-state index < -0.39 is 0 Å². The zero-order chi connectivity index (χ0) is 15.5. The highest BCUT2D eigenvalue weighted by Gasteiger charge is 2.35. The van der Waals surface area contributed by atoms with Crippen molar-refractivity contribution in [3.05, 3.63) is 43.4 Å². The summed E-state index contributed by atoms with van der Waals surface area (Å²) in [5.41, 5.74) is 0.785. The number of imide groups is 1. The smallest absolute Gasteiger partial charge is 0.268 e. The molecule has 2 amide bonds. The predicted octanol–water partition coefficient (Wildman–Crippen LogP) is 4.39. The number of rotatable bonds is 5. The first-order valence-electron chi connectivity index (χ1n) is 6.89. The van der Waals surface area contributed by atoms with Crippen LogP contribution in [0.2, 0.25) is 0 Å². The Hall–Kier alpha value is -1.44. The van der Waals surface area contributed by atoms with Crippen molar-refractivity contribution in [3.63, 3.8) is 0 Å². The molecule has 0 aliphatic carbocycles. The van der Waals surface area contributed by atoms with Crippen molar-refractivity contribution in [1.82, 2.24) is 9.88 Å². The van der Waals surface area contributed by atoms with Gasteiger partial charge in [0.05, 0.1) is 22.2 Å². The van der Waals surface area contributed by atoms with Gasteiger partial charge in [-0.15, -0.1) is 22.7 Å². The van der Waals surface area contributed by atoms with E-state index in [9.17, 15) is 9.59 Å². The fourth-order valence-electron chi connectivity index (χ4n) is 2.05. The summed E-state index contributed by atoms with van der Waals surface area (Å²) in [6, 6.07) is 3.85. The summed E-state index contributed by atoms with van der Waals surface area (Å²) >= 11 is 4.13. The highest BCUT2D eigenvalue weighted by Crippen LogP contribution is 2.34. The Morgan fingerprint density at radius 2 is 2.18 bits per heavy atom. The molecule has 2 aromatic rings. The zero-order valence-electron chi connectivity index (χ0n) is 11.9. The maximum atomic E-state index is 12.4. The molecule has 1 aliphatic rings. The Balaban J connectivity index is 1.74. The summed E-state index contributed by atoms with van der Waals surface area (Å²) in [6.45, 7) is 2.36. The molecule has 1 aliphatic heterocycles. The van der Waals surface area contributed by atoms with Gasteiger partial charge in [-0.05, 0) is 42.1 Å². The molecule has 0 atom stereocenters. The first kappa shape index (κ1) is 15.5. The molecule has 0 aromatic carbocycles. The number of hydrogen-bond acceptors (Lipinski definition) is 6. The zero-order valence-corrected chi connectivity index (χ0v) is 14.4. The summed E-state index contributed by atoms with van der Waals surface area (Å²) in [5.74, 6) is -0.228. The van der Waals surface area contributed by atoms with E-state index in [1.165, 1.54) is 4.90 Å². The van der Waals surface area contributed by atoms with E-state index in [4.69, 9.17) is 0 Å². The molecule has 114 valence electrons. The number of thiophene rings is 1. The van der Waals surface area contributed by atoms with Gasteiger partial charge < -0.3 is 0 Å². The number of aromatic nitrogens is 1. The third kappa shape index (κ3) is 3.31. The van der Waals surface area contributed by atoms with Crippen LogP contribution in [-0.2, 0) is 17.8 Å². The lowest BCUT2D eigenvalue weighted by molar-refractivity contribution is -0.123. The van der Waals surface area contributed by atoms with Gasteiger partial charge in [0.2, 0.25) is 0 Å². The van der Waals surface area contributed by atoms with Crippen molar-refractivity contribution in [1.29, 1.82) is 0 Å². The topological polar surface area (TPSA) is 50.3 Å². The van der Waals surface area contributed by atoms with Crippen molar-refractivity contribution in [3.8, 4) is 0 Å². The molecule has 1 saturated heterocycles. The molecule has 4 nitrogen and oxygen atoms in total. The van der Waals surface area contributed by atoms with Crippen LogP contribution in [0.25, 0.3) is 6.08 Å². The average molecular weight is 350 g/mol. The Morgan fingerprint density at radius 3 is 2.91 bits per heavy atom. The van der Waals surface area contributed by atoms with Gasteiger partial charge in [0.25, 0.3) is 11.1 Å². The van der Waals surface area contributed by atoms with E-state index in [1.807, 2.05) is 22.9 Å². The fraction of sp³-hybridized carbons (Fsp3) is 0.267. The van der Waals surface area contributed by atoms with Crippen LogP contribution in [0.15, 0.2) is 27.8 Å².